The molecule has 1 unspecified atom stereocenters. The van der Waals surface area contributed by atoms with Crippen molar-refractivity contribution in [1.82, 2.24) is 19.9 Å². The van der Waals surface area contributed by atoms with E-state index >= 15 is 0 Å². The first-order chi connectivity index (χ1) is 12.5. The summed E-state index contributed by atoms with van der Waals surface area (Å²) in [5.41, 5.74) is 7.51. The van der Waals surface area contributed by atoms with Gasteiger partial charge in [0.05, 0.1) is 22.5 Å². The number of anilines is 1. The SMILES string of the molecule is CC(Nc1nc(C(=O)N2CC(N)C2)c2sccc2n1)c1cncc(F)c1. The second-order valence-corrected chi connectivity index (χ2v) is 7.22. The van der Waals surface area contributed by atoms with E-state index in [0.717, 1.165) is 10.9 Å². The van der Waals surface area contributed by atoms with Gasteiger partial charge in [0.25, 0.3) is 5.91 Å². The summed E-state index contributed by atoms with van der Waals surface area (Å²) in [5.74, 6) is -0.235. The number of aromatic nitrogens is 3. The largest absolute Gasteiger partial charge is 0.348 e. The van der Waals surface area contributed by atoms with Gasteiger partial charge >= 0.3 is 0 Å². The fourth-order valence-electron chi connectivity index (χ4n) is 2.84. The first kappa shape index (κ1) is 16.8. The van der Waals surface area contributed by atoms with E-state index in [2.05, 4.69) is 20.3 Å². The first-order valence-electron chi connectivity index (χ1n) is 8.18. The molecule has 1 fully saturated rings. The van der Waals surface area contributed by atoms with E-state index in [1.54, 1.807) is 11.1 Å². The highest BCUT2D eigenvalue weighted by Gasteiger charge is 2.31. The van der Waals surface area contributed by atoms with Crippen LogP contribution in [0.25, 0.3) is 10.2 Å². The van der Waals surface area contributed by atoms with Crippen LogP contribution in [0, 0.1) is 5.82 Å². The molecule has 0 bridgehead atoms. The van der Waals surface area contributed by atoms with Crippen LogP contribution >= 0.6 is 11.3 Å². The number of pyridine rings is 1. The van der Waals surface area contributed by atoms with Gasteiger partial charge in [-0.2, -0.15) is 0 Å². The zero-order valence-electron chi connectivity index (χ0n) is 14.0. The van der Waals surface area contributed by atoms with Gasteiger partial charge in [-0.05, 0) is 30.0 Å². The molecule has 4 heterocycles. The third-order valence-corrected chi connectivity index (χ3v) is 5.19. The normalized spacial score (nSPS) is 15.7. The fraction of sp³-hybridized carbons (Fsp3) is 0.294. The number of halogens is 1. The Morgan fingerprint density at radius 1 is 1.42 bits per heavy atom. The molecule has 1 atom stereocenters. The average Bonchev–Trinajstić information content (AvgIpc) is 3.06. The van der Waals surface area contributed by atoms with Crippen LogP contribution in [0.15, 0.2) is 29.9 Å². The van der Waals surface area contributed by atoms with Gasteiger partial charge in [0.2, 0.25) is 5.95 Å². The van der Waals surface area contributed by atoms with Gasteiger partial charge in [-0.3, -0.25) is 9.78 Å². The van der Waals surface area contributed by atoms with E-state index in [0.29, 0.717) is 35.8 Å². The minimum absolute atomic E-state index is 0.0257. The molecular weight excluding hydrogens is 355 g/mol. The Morgan fingerprint density at radius 2 is 2.23 bits per heavy atom. The zero-order chi connectivity index (χ0) is 18.3. The lowest BCUT2D eigenvalue weighted by Gasteiger charge is -2.36. The van der Waals surface area contributed by atoms with Gasteiger partial charge in [0.1, 0.15) is 5.82 Å². The molecule has 0 spiro atoms. The Balaban J connectivity index is 1.64. The van der Waals surface area contributed by atoms with Crippen molar-refractivity contribution in [3.63, 3.8) is 0 Å². The summed E-state index contributed by atoms with van der Waals surface area (Å²) < 4.78 is 14.1. The van der Waals surface area contributed by atoms with Crippen molar-refractivity contribution >= 4 is 33.4 Å². The number of carbonyl (C=O) groups excluding carboxylic acids is 1. The lowest BCUT2D eigenvalue weighted by atomic mass is 10.1. The van der Waals surface area contributed by atoms with E-state index in [9.17, 15) is 9.18 Å². The molecule has 3 aromatic heterocycles. The third-order valence-electron chi connectivity index (χ3n) is 4.27. The molecule has 26 heavy (non-hydrogen) atoms. The Hall–Kier alpha value is -2.65. The predicted octanol–water partition coefficient (Wildman–Crippen LogP) is 2.18. The number of nitrogens with one attached hydrogen (secondary N) is 1. The van der Waals surface area contributed by atoms with Crippen molar-refractivity contribution in [2.75, 3.05) is 18.4 Å². The van der Waals surface area contributed by atoms with Crippen LogP contribution < -0.4 is 11.1 Å². The predicted molar refractivity (Wildman–Crippen MR) is 97.5 cm³/mol. The standard InChI is InChI=1S/C17H17FN6OS/c1-9(10-4-11(18)6-20-5-10)21-17-22-13-2-3-26-15(13)14(23-17)16(25)24-7-12(19)8-24/h2-6,9,12H,7-8,19H2,1H3,(H,21,22,23). The molecule has 4 rings (SSSR count). The summed E-state index contributed by atoms with van der Waals surface area (Å²) in [4.78, 5) is 27.2. The molecule has 0 saturated carbocycles. The number of nitrogens with two attached hydrogens (primary N) is 1. The smallest absolute Gasteiger partial charge is 0.274 e. The number of hydrogen-bond acceptors (Lipinski definition) is 7. The number of likely N-dealkylation sites (tertiary alicyclic amines) is 1. The Morgan fingerprint density at radius 3 is 2.96 bits per heavy atom. The van der Waals surface area contributed by atoms with Gasteiger partial charge in [0.15, 0.2) is 5.69 Å². The highest BCUT2D eigenvalue weighted by atomic mass is 32.1. The molecule has 7 nitrogen and oxygen atoms in total. The van der Waals surface area contributed by atoms with Crippen LogP contribution in [0.5, 0.6) is 0 Å². The molecule has 1 aliphatic rings. The van der Waals surface area contributed by atoms with E-state index in [-0.39, 0.29) is 18.0 Å². The molecule has 1 aliphatic heterocycles. The number of hydrogen-bond donors (Lipinski definition) is 2. The maximum Gasteiger partial charge on any atom is 0.274 e. The first-order valence-corrected chi connectivity index (χ1v) is 9.06. The minimum atomic E-state index is -0.407. The number of carbonyl (C=O) groups is 1. The van der Waals surface area contributed by atoms with Crippen LogP contribution in [-0.4, -0.2) is 44.9 Å². The molecule has 134 valence electrons. The second kappa shape index (κ2) is 6.58. The molecule has 0 radical (unpaired) electrons. The topological polar surface area (TPSA) is 97.0 Å². The monoisotopic (exact) mass is 372 g/mol. The van der Waals surface area contributed by atoms with E-state index in [4.69, 9.17) is 5.73 Å². The van der Waals surface area contributed by atoms with Gasteiger partial charge in [-0.25, -0.2) is 14.4 Å². The van der Waals surface area contributed by atoms with Crippen molar-refractivity contribution in [3.05, 3.63) is 47.0 Å². The number of rotatable bonds is 4. The number of amides is 1. The summed E-state index contributed by atoms with van der Waals surface area (Å²) >= 11 is 1.43. The maximum atomic E-state index is 13.4. The molecule has 1 amide bonds. The zero-order valence-corrected chi connectivity index (χ0v) is 14.8. The summed E-state index contributed by atoms with van der Waals surface area (Å²) in [7, 11) is 0. The quantitative estimate of drug-likeness (QED) is 0.729. The highest BCUT2D eigenvalue weighted by Crippen LogP contribution is 2.27. The van der Waals surface area contributed by atoms with Crippen molar-refractivity contribution in [3.8, 4) is 0 Å². The molecule has 3 N–H and O–H groups in total. The van der Waals surface area contributed by atoms with E-state index < -0.39 is 5.82 Å². The molecule has 9 heteroatoms. The van der Waals surface area contributed by atoms with Gasteiger partial charge in [0, 0.05) is 25.3 Å². The lowest BCUT2D eigenvalue weighted by molar-refractivity contribution is 0.0604. The number of fused-ring (bicyclic) bond motifs is 1. The van der Waals surface area contributed by atoms with Gasteiger partial charge < -0.3 is 16.0 Å². The van der Waals surface area contributed by atoms with Crippen molar-refractivity contribution < 1.29 is 9.18 Å². The van der Waals surface area contributed by atoms with Crippen LogP contribution in [0.4, 0.5) is 10.3 Å². The van der Waals surface area contributed by atoms with Crippen LogP contribution in [0.3, 0.4) is 0 Å². The average molecular weight is 372 g/mol. The summed E-state index contributed by atoms with van der Waals surface area (Å²) in [6.07, 6.45) is 2.73. The summed E-state index contributed by atoms with van der Waals surface area (Å²) in [6, 6.07) is 3.01. The van der Waals surface area contributed by atoms with Gasteiger partial charge in [-0.1, -0.05) is 0 Å². The van der Waals surface area contributed by atoms with E-state index in [1.807, 2.05) is 18.4 Å². The summed E-state index contributed by atoms with van der Waals surface area (Å²) in [6.45, 7) is 2.92. The lowest BCUT2D eigenvalue weighted by Crippen LogP contribution is -2.58. The second-order valence-electron chi connectivity index (χ2n) is 6.30. The van der Waals surface area contributed by atoms with Crippen LogP contribution in [0.2, 0.25) is 0 Å². The summed E-state index contributed by atoms with van der Waals surface area (Å²) in [5, 5.41) is 5.00. The van der Waals surface area contributed by atoms with Crippen LogP contribution in [-0.2, 0) is 0 Å². The van der Waals surface area contributed by atoms with Crippen molar-refractivity contribution in [2.45, 2.75) is 19.0 Å². The molecular formula is C17H17FN6OS. The molecule has 0 aromatic carbocycles. The fourth-order valence-corrected chi connectivity index (χ4v) is 3.66. The minimum Gasteiger partial charge on any atom is -0.348 e. The Labute approximate surface area is 153 Å². The Kier molecular flexibility index (Phi) is 4.25. The Bertz CT molecular complexity index is 971. The van der Waals surface area contributed by atoms with E-state index in [1.165, 1.54) is 17.4 Å². The highest BCUT2D eigenvalue weighted by molar-refractivity contribution is 7.17. The maximum absolute atomic E-state index is 13.4. The van der Waals surface area contributed by atoms with Crippen LogP contribution in [0.1, 0.15) is 29.0 Å². The third kappa shape index (κ3) is 3.11. The van der Waals surface area contributed by atoms with Crippen molar-refractivity contribution in [1.29, 1.82) is 0 Å². The molecule has 3 aromatic rings. The molecule has 1 saturated heterocycles. The van der Waals surface area contributed by atoms with Gasteiger partial charge in [-0.15, -0.1) is 11.3 Å². The number of nitrogens with zero attached hydrogens (tertiary/aromatic N) is 4. The number of thiophene rings is 1. The molecule has 0 aliphatic carbocycles. The van der Waals surface area contributed by atoms with Crippen molar-refractivity contribution in [2.24, 2.45) is 5.73 Å².